The van der Waals surface area contributed by atoms with Gasteiger partial charge in [0, 0.05) is 50.5 Å². The number of amides is 1. The summed E-state index contributed by atoms with van der Waals surface area (Å²) in [5, 5.41) is 5.81. The van der Waals surface area contributed by atoms with E-state index in [1.54, 1.807) is 11.3 Å². The summed E-state index contributed by atoms with van der Waals surface area (Å²) in [5.74, 6) is 0.494. The summed E-state index contributed by atoms with van der Waals surface area (Å²) in [5.41, 5.74) is 7.29. The normalized spacial score (nSPS) is 15.3. The van der Waals surface area contributed by atoms with Gasteiger partial charge in [-0.05, 0) is 72.9 Å². The van der Waals surface area contributed by atoms with Crippen molar-refractivity contribution in [2.75, 3.05) is 5.32 Å². The highest BCUT2D eigenvalue weighted by Gasteiger charge is 2.33. The second kappa shape index (κ2) is 11.5. The van der Waals surface area contributed by atoms with E-state index in [1.807, 2.05) is 54.7 Å². The number of halogens is 1. The van der Waals surface area contributed by atoms with Crippen molar-refractivity contribution in [1.82, 2.24) is 4.57 Å². The number of thiophene rings is 1. The maximum Gasteiger partial charge on any atom is 0.259 e. The van der Waals surface area contributed by atoms with Gasteiger partial charge >= 0.3 is 0 Å². The number of anilines is 1. The molecular weight excluding hydrogens is 558 g/mol. The third-order valence-corrected chi connectivity index (χ3v) is 10.1. The lowest BCUT2D eigenvalue weighted by Crippen LogP contribution is -2.27. The molecule has 2 aromatic heterocycles. The van der Waals surface area contributed by atoms with Crippen molar-refractivity contribution in [3.05, 3.63) is 117 Å². The van der Waals surface area contributed by atoms with E-state index in [4.69, 9.17) is 16.6 Å². The van der Waals surface area contributed by atoms with Gasteiger partial charge in [-0.25, -0.2) is 4.99 Å². The number of hydrogen-bond acceptors (Lipinski definition) is 3. The first-order valence-corrected chi connectivity index (χ1v) is 15.8. The van der Waals surface area contributed by atoms with Gasteiger partial charge in [0.15, 0.2) is 0 Å². The van der Waals surface area contributed by atoms with Gasteiger partial charge in [-0.1, -0.05) is 87.0 Å². The van der Waals surface area contributed by atoms with E-state index in [-0.39, 0.29) is 11.3 Å². The van der Waals surface area contributed by atoms with Crippen LogP contribution in [-0.4, -0.2) is 16.7 Å². The minimum Gasteiger partial charge on any atom is -0.340 e. The minimum absolute atomic E-state index is 0.0853. The van der Waals surface area contributed by atoms with Gasteiger partial charge in [-0.2, -0.15) is 0 Å². The third kappa shape index (κ3) is 5.56. The van der Waals surface area contributed by atoms with Crippen LogP contribution in [0.2, 0.25) is 5.02 Å². The first-order chi connectivity index (χ1) is 20.2. The van der Waals surface area contributed by atoms with Crippen LogP contribution in [0.1, 0.15) is 64.8 Å². The molecule has 1 aliphatic carbocycles. The molecule has 4 nitrogen and oxygen atoms in total. The number of nitrogens with zero attached hydrogens (tertiary/aromatic N) is 2. The topological polar surface area (TPSA) is 46.4 Å². The molecule has 6 rings (SSSR count). The zero-order valence-corrected chi connectivity index (χ0v) is 26.1. The number of aliphatic imine (C=N–C) groups is 1. The van der Waals surface area contributed by atoms with Crippen LogP contribution in [0.4, 0.5) is 10.7 Å². The second-order valence-corrected chi connectivity index (χ2v) is 13.8. The number of para-hydroxylation sites is 2. The number of fused-ring (bicyclic) bond motifs is 2. The average molecular weight is 594 g/mol. The van der Waals surface area contributed by atoms with Crippen molar-refractivity contribution in [2.45, 2.75) is 53.5 Å². The van der Waals surface area contributed by atoms with Crippen LogP contribution >= 0.6 is 22.9 Å². The van der Waals surface area contributed by atoms with Gasteiger partial charge in [0.25, 0.3) is 5.91 Å². The largest absolute Gasteiger partial charge is 0.340 e. The highest BCUT2D eigenvalue weighted by Crippen LogP contribution is 2.45. The molecule has 1 atom stereocenters. The fourth-order valence-electron chi connectivity index (χ4n) is 6.10. The van der Waals surface area contributed by atoms with Gasteiger partial charge in [0.1, 0.15) is 5.00 Å². The van der Waals surface area contributed by atoms with Crippen LogP contribution in [-0.2, 0) is 19.4 Å². The molecule has 0 unspecified atom stereocenters. The smallest absolute Gasteiger partial charge is 0.259 e. The van der Waals surface area contributed by atoms with Crippen LogP contribution in [0.5, 0.6) is 0 Å². The quantitative estimate of drug-likeness (QED) is 0.196. The summed E-state index contributed by atoms with van der Waals surface area (Å²) in [7, 11) is 0. The maximum atomic E-state index is 13.8. The summed E-state index contributed by atoms with van der Waals surface area (Å²) in [6, 6.07) is 26.1. The molecule has 0 radical (unpaired) electrons. The summed E-state index contributed by atoms with van der Waals surface area (Å²) >= 11 is 8.22. The van der Waals surface area contributed by atoms with Crippen molar-refractivity contribution in [3.63, 3.8) is 0 Å². The molecule has 42 heavy (non-hydrogen) atoms. The highest BCUT2D eigenvalue weighted by molar-refractivity contribution is 7.16. The number of nitrogens with one attached hydrogen (secondary N) is 1. The Bertz CT molecular complexity index is 1790. The fraction of sp³-hybridized carbons (Fsp3) is 0.278. The predicted molar refractivity (Wildman–Crippen MR) is 178 cm³/mol. The van der Waals surface area contributed by atoms with Crippen LogP contribution in [0.25, 0.3) is 10.9 Å². The summed E-state index contributed by atoms with van der Waals surface area (Å²) in [6.07, 6.45) is 4.92. The molecule has 0 spiro atoms. The Balaban J connectivity index is 1.41. The van der Waals surface area contributed by atoms with Crippen LogP contribution in [0, 0.1) is 18.3 Å². The zero-order chi connectivity index (χ0) is 29.4. The van der Waals surface area contributed by atoms with Crippen LogP contribution < -0.4 is 5.32 Å². The molecular formula is C36H36ClN3OS. The Kier molecular flexibility index (Phi) is 7.82. The molecule has 6 heteroatoms. The van der Waals surface area contributed by atoms with Crippen molar-refractivity contribution in [3.8, 4) is 0 Å². The fourth-order valence-corrected chi connectivity index (χ4v) is 7.56. The molecule has 0 aliphatic heterocycles. The zero-order valence-electron chi connectivity index (χ0n) is 24.6. The Labute approximate surface area is 257 Å². The van der Waals surface area contributed by atoms with Gasteiger partial charge in [-0.15, -0.1) is 11.3 Å². The molecule has 1 N–H and O–H groups in total. The van der Waals surface area contributed by atoms with E-state index in [0.29, 0.717) is 12.5 Å². The first-order valence-electron chi connectivity index (χ1n) is 14.6. The second-order valence-electron chi connectivity index (χ2n) is 12.3. The van der Waals surface area contributed by atoms with Crippen molar-refractivity contribution in [2.24, 2.45) is 16.3 Å². The Hall–Kier alpha value is -3.67. The summed E-state index contributed by atoms with van der Waals surface area (Å²) < 4.78 is 2.30. The summed E-state index contributed by atoms with van der Waals surface area (Å²) in [6.45, 7) is 9.76. The molecule has 1 amide bonds. The van der Waals surface area contributed by atoms with Crippen molar-refractivity contribution >= 4 is 56.7 Å². The predicted octanol–water partition coefficient (Wildman–Crippen LogP) is 9.87. The summed E-state index contributed by atoms with van der Waals surface area (Å²) in [4.78, 5) is 20.2. The van der Waals surface area contributed by atoms with Crippen molar-refractivity contribution in [1.29, 1.82) is 0 Å². The monoisotopic (exact) mass is 593 g/mol. The molecule has 5 aromatic rings. The lowest BCUT2D eigenvalue weighted by molar-refractivity contribution is 0.102. The van der Waals surface area contributed by atoms with E-state index >= 15 is 0 Å². The molecule has 3 aromatic carbocycles. The van der Waals surface area contributed by atoms with E-state index in [1.165, 1.54) is 10.4 Å². The number of hydrogen-bond donors (Lipinski definition) is 1. The van der Waals surface area contributed by atoms with E-state index in [9.17, 15) is 4.79 Å². The molecule has 0 bridgehead atoms. The highest BCUT2D eigenvalue weighted by atomic mass is 35.5. The molecule has 1 aliphatic rings. The Morgan fingerprint density at radius 1 is 1.05 bits per heavy atom. The van der Waals surface area contributed by atoms with Crippen molar-refractivity contribution < 1.29 is 4.79 Å². The van der Waals surface area contributed by atoms with Gasteiger partial charge < -0.3 is 9.88 Å². The van der Waals surface area contributed by atoms with Gasteiger partial charge in [0.05, 0.1) is 5.56 Å². The van der Waals surface area contributed by atoms with Crippen LogP contribution in [0.3, 0.4) is 0 Å². The maximum absolute atomic E-state index is 13.8. The lowest BCUT2D eigenvalue weighted by Gasteiger charge is -2.33. The molecule has 214 valence electrons. The SMILES string of the molecule is Cc1c(C=Nc2sc3c(c2C(=O)Nc2ccccc2)CC[C@@H](C(C)(C)C)C3)c2ccccc2n1Cc1ccccc1Cl. The third-order valence-electron chi connectivity index (χ3n) is 8.61. The average Bonchev–Trinajstić information content (AvgIpc) is 3.47. The van der Waals surface area contributed by atoms with E-state index < -0.39 is 0 Å². The Morgan fingerprint density at radius 2 is 1.76 bits per heavy atom. The molecule has 2 heterocycles. The number of benzene rings is 3. The molecule has 0 fully saturated rings. The molecule has 0 saturated carbocycles. The lowest BCUT2D eigenvalue weighted by atomic mass is 9.72. The first kappa shape index (κ1) is 28.4. The molecule has 0 saturated heterocycles. The Morgan fingerprint density at radius 3 is 2.52 bits per heavy atom. The van der Waals surface area contributed by atoms with E-state index in [2.05, 4.69) is 67.9 Å². The van der Waals surface area contributed by atoms with Crippen LogP contribution in [0.15, 0.2) is 83.9 Å². The number of carbonyl (C=O) groups is 1. The minimum atomic E-state index is -0.0853. The number of rotatable bonds is 6. The standard InChI is InChI=1S/C36H36ClN3OS/c1-23-29(27-15-9-11-17-31(27)40(23)22-24-12-8-10-16-30(24)37)21-38-35-33(34(41)39-26-13-6-5-7-14-26)28-19-18-25(36(2,3)4)20-32(28)42-35/h5-17,21,25H,18-20,22H2,1-4H3,(H,39,41)/t25-/m1/s1. The number of carbonyl (C=O) groups excluding carboxylic acids is 1. The van der Waals surface area contributed by atoms with Gasteiger partial charge in [0.2, 0.25) is 0 Å². The van der Waals surface area contributed by atoms with Gasteiger partial charge in [-0.3, -0.25) is 4.79 Å². The van der Waals surface area contributed by atoms with E-state index in [0.717, 1.165) is 68.3 Å². The number of aromatic nitrogens is 1.